The first-order chi connectivity index (χ1) is 15.2. The summed E-state index contributed by atoms with van der Waals surface area (Å²) >= 11 is 0. The summed E-state index contributed by atoms with van der Waals surface area (Å²) < 4.78 is 41.6. The van der Waals surface area contributed by atoms with E-state index in [0.29, 0.717) is 59.7 Å². The number of ether oxygens (including phenoxy) is 2. The predicted molar refractivity (Wildman–Crippen MR) is 115 cm³/mol. The summed E-state index contributed by atoms with van der Waals surface area (Å²) in [7, 11) is 0. The lowest BCUT2D eigenvalue weighted by Crippen LogP contribution is -2.33. The van der Waals surface area contributed by atoms with Crippen LogP contribution >= 0.6 is 0 Å². The van der Waals surface area contributed by atoms with Crippen LogP contribution in [0.5, 0.6) is 5.75 Å². The Morgan fingerprint density at radius 3 is 2.75 bits per heavy atom. The third kappa shape index (κ3) is 3.40. The highest BCUT2D eigenvalue weighted by atomic mass is 19.3. The van der Waals surface area contributed by atoms with Gasteiger partial charge in [0.05, 0.1) is 19.8 Å². The molecular formula is C21H25F2N7O2. The summed E-state index contributed by atoms with van der Waals surface area (Å²) in [5.41, 5.74) is 6.94. The van der Waals surface area contributed by atoms with Crippen molar-refractivity contribution in [1.82, 2.24) is 24.5 Å². The van der Waals surface area contributed by atoms with Crippen LogP contribution in [0.1, 0.15) is 33.0 Å². The van der Waals surface area contributed by atoms with Gasteiger partial charge in [0, 0.05) is 31.3 Å². The number of imidazole rings is 1. The molecule has 0 aromatic carbocycles. The van der Waals surface area contributed by atoms with Gasteiger partial charge in [-0.05, 0) is 26.8 Å². The molecule has 11 heteroatoms. The third-order valence-corrected chi connectivity index (χ3v) is 5.80. The van der Waals surface area contributed by atoms with Gasteiger partial charge in [0.1, 0.15) is 11.4 Å². The monoisotopic (exact) mass is 445 g/mol. The van der Waals surface area contributed by atoms with Gasteiger partial charge in [-0.15, -0.1) is 0 Å². The van der Waals surface area contributed by atoms with E-state index >= 15 is 0 Å². The van der Waals surface area contributed by atoms with E-state index in [9.17, 15) is 8.78 Å². The van der Waals surface area contributed by atoms with Crippen molar-refractivity contribution in [2.24, 2.45) is 0 Å². The molecule has 5 heterocycles. The van der Waals surface area contributed by atoms with Crippen LogP contribution in [0.25, 0.3) is 22.6 Å². The molecule has 0 amide bonds. The van der Waals surface area contributed by atoms with E-state index < -0.39 is 18.1 Å². The van der Waals surface area contributed by atoms with Gasteiger partial charge in [-0.1, -0.05) is 0 Å². The average molecular weight is 445 g/mol. The number of hydrogen-bond acceptors (Lipinski definition) is 8. The molecule has 2 aliphatic heterocycles. The maximum atomic E-state index is 14.1. The number of pyridine rings is 1. The van der Waals surface area contributed by atoms with Crippen molar-refractivity contribution in [3.8, 4) is 17.1 Å². The number of fused-ring (bicyclic) bond motifs is 3. The zero-order valence-electron chi connectivity index (χ0n) is 18.2. The van der Waals surface area contributed by atoms with Crippen LogP contribution < -0.4 is 15.4 Å². The number of nitrogens with two attached hydrogens (primary N) is 1. The highest BCUT2D eigenvalue weighted by Gasteiger charge is 2.41. The van der Waals surface area contributed by atoms with E-state index in [1.54, 1.807) is 17.2 Å². The van der Waals surface area contributed by atoms with Crippen molar-refractivity contribution in [2.75, 3.05) is 36.9 Å². The topological polar surface area (TPSA) is 104 Å². The Morgan fingerprint density at radius 1 is 1.22 bits per heavy atom. The SMILES string of the molecule is CCOc1cc(-c2nc(N3CCC(F)(F)C3)c3nc4n(c3n2)CCOC4(C)C)cnc1N. The Morgan fingerprint density at radius 2 is 2.03 bits per heavy atom. The average Bonchev–Trinajstić information content (AvgIpc) is 3.30. The minimum Gasteiger partial charge on any atom is -0.490 e. The largest absolute Gasteiger partial charge is 0.490 e. The standard InChI is InChI=1S/C21H25F2N7O2/c1-4-31-13-9-12(10-25-15(13)24)16-27-17(29-6-5-21(22,23)11-29)14-18(28-16)30-7-8-32-20(2,3)19(30)26-14/h9-10H,4-8,11H2,1-3H3,(H2,24,25). The van der Waals surface area contributed by atoms with E-state index in [0.717, 1.165) is 0 Å². The molecule has 0 atom stereocenters. The van der Waals surface area contributed by atoms with Gasteiger partial charge < -0.3 is 24.7 Å². The van der Waals surface area contributed by atoms with Crippen molar-refractivity contribution in [3.63, 3.8) is 0 Å². The lowest BCUT2D eigenvalue weighted by Gasteiger charge is -2.30. The molecule has 2 N–H and O–H groups in total. The molecule has 0 unspecified atom stereocenters. The molecule has 170 valence electrons. The zero-order valence-corrected chi connectivity index (χ0v) is 18.2. The third-order valence-electron chi connectivity index (χ3n) is 5.80. The molecule has 0 bridgehead atoms. The number of hydrogen-bond donors (Lipinski definition) is 1. The molecule has 3 aromatic heterocycles. The maximum Gasteiger partial charge on any atom is 0.266 e. The number of alkyl halides is 2. The number of anilines is 2. The van der Waals surface area contributed by atoms with Crippen molar-refractivity contribution < 1.29 is 18.3 Å². The predicted octanol–water partition coefficient (Wildman–Crippen LogP) is 2.98. The van der Waals surface area contributed by atoms with E-state index in [4.69, 9.17) is 25.2 Å². The minimum atomic E-state index is -2.77. The Labute approximate surface area is 183 Å². The summed E-state index contributed by atoms with van der Waals surface area (Å²) in [5.74, 6) is -0.658. The van der Waals surface area contributed by atoms with Crippen molar-refractivity contribution in [1.29, 1.82) is 0 Å². The van der Waals surface area contributed by atoms with Gasteiger partial charge in [0.2, 0.25) is 0 Å². The second-order valence-electron chi connectivity index (χ2n) is 8.56. The Hall–Kier alpha value is -3.08. The van der Waals surface area contributed by atoms with Gasteiger partial charge in [0.15, 0.2) is 34.4 Å². The fraction of sp³-hybridized carbons (Fsp3) is 0.524. The maximum absolute atomic E-state index is 14.1. The van der Waals surface area contributed by atoms with Gasteiger partial charge >= 0.3 is 0 Å². The molecule has 5 rings (SSSR count). The van der Waals surface area contributed by atoms with Crippen LogP contribution in [0.4, 0.5) is 20.4 Å². The highest BCUT2D eigenvalue weighted by molar-refractivity contribution is 5.87. The fourth-order valence-corrected chi connectivity index (χ4v) is 4.23. The quantitative estimate of drug-likeness (QED) is 0.654. The van der Waals surface area contributed by atoms with Gasteiger partial charge in [-0.25, -0.2) is 28.7 Å². The van der Waals surface area contributed by atoms with E-state index in [2.05, 4.69) is 9.97 Å². The minimum absolute atomic E-state index is 0.185. The lowest BCUT2D eigenvalue weighted by molar-refractivity contribution is -0.0530. The lowest BCUT2D eigenvalue weighted by atomic mass is 10.1. The molecular weight excluding hydrogens is 420 g/mol. The van der Waals surface area contributed by atoms with E-state index in [-0.39, 0.29) is 18.8 Å². The summed E-state index contributed by atoms with van der Waals surface area (Å²) in [4.78, 5) is 20.0. The molecule has 1 fully saturated rings. The zero-order chi connectivity index (χ0) is 22.7. The van der Waals surface area contributed by atoms with Crippen LogP contribution in [-0.2, 0) is 16.9 Å². The van der Waals surface area contributed by atoms with E-state index in [1.165, 1.54) is 0 Å². The number of halogens is 2. The number of nitrogen functional groups attached to an aromatic ring is 1. The fourth-order valence-electron chi connectivity index (χ4n) is 4.23. The second-order valence-corrected chi connectivity index (χ2v) is 8.56. The van der Waals surface area contributed by atoms with Crippen molar-refractivity contribution >= 4 is 22.8 Å². The second kappa shape index (κ2) is 7.22. The molecule has 0 aliphatic carbocycles. The number of aromatic nitrogens is 5. The molecule has 0 spiro atoms. The van der Waals surface area contributed by atoms with Crippen LogP contribution in [0.3, 0.4) is 0 Å². The Bertz CT molecular complexity index is 1190. The first-order valence-corrected chi connectivity index (χ1v) is 10.6. The Balaban J connectivity index is 1.72. The summed E-state index contributed by atoms with van der Waals surface area (Å²) in [6, 6.07) is 1.72. The van der Waals surface area contributed by atoms with Crippen LogP contribution in [-0.4, -0.2) is 56.7 Å². The van der Waals surface area contributed by atoms with E-state index in [1.807, 2.05) is 25.3 Å². The Kier molecular flexibility index (Phi) is 4.70. The van der Waals surface area contributed by atoms with Crippen LogP contribution in [0.15, 0.2) is 12.3 Å². The van der Waals surface area contributed by atoms with Gasteiger partial charge in [-0.3, -0.25) is 0 Å². The van der Waals surface area contributed by atoms with Gasteiger partial charge in [0.25, 0.3) is 5.92 Å². The van der Waals surface area contributed by atoms with Crippen LogP contribution in [0.2, 0.25) is 0 Å². The molecule has 1 saturated heterocycles. The molecule has 9 nitrogen and oxygen atoms in total. The van der Waals surface area contributed by atoms with Crippen LogP contribution in [0, 0.1) is 0 Å². The molecule has 2 aliphatic rings. The number of rotatable bonds is 4. The normalized spacial score (nSPS) is 19.3. The smallest absolute Gasteiger partial charge is 0.266 e. The summed E-state index contributed by atoms with van der Waals surface area (Å²) in [6.07, 6.45) is 1.33. The summed E-state index contributed by atoms with van der Waals surface area (Å²) in [6.45, 7) is 6.97. The highest BCUT2D eigenvalue weighted by Crippen LogP contribution is 2.38. The molecule has 32 heavy (non-hydrogen) atoms. The van der Waals surface area contributed by atoms with Gasteiger partial charge in [-0.2, -0.15) is 0 Å². The van der Waals surface area contributed by atoms with Crippen molar-refractivity contribution in [3.05, 3.63) is 18.1 Å². The number of nitrogens with zero attached hydrogens (tertiary/aromatic N) is 6. The molecule has 3 aromatic rings. The van der Waals surface area contributed by atoms with Crippen molar-refractivity contribution in [2.45, 2.75) is 45.3 Å². The molecule has 0 saturated carbocycles. The molecule has 0 radical (unpaired) electrons. The first kappa shape index (κ1) is 20.8. The summed E-state index contributed by atoms with van der Waals surface area (Å²) in [5, 5.41) is 0. The first-order valence-electron chi connectivity index (χ1n) is 10.6.